The molecule has 1 unspecified atom stereocenters. The first-order chi connectivity index (χ1) is 15.1. The molecule has 31 heavy (non-hydrogen) atoms. The summed E-state index contributed by atoms with van der Waals surface area (Å²) in [5, 5.41) is 0. The van der Waals surface area contributed by atoms with Gasteiger partial charge in [0.15, 0.2) is 5.52 Å². The van der Waals surface area contributed by atoms with Crippen LogP contribution < -0.4 is 14.2 Å². The molecule has 1 aliphatic heterocycles. The number of carbonyl (C=O) groups is 1. The van der Waals surface area contributed by atoms with Crippen LogP contribution in [-0.2, 0) is 9.53 Å². The molecule has 1 amide bonds. The van der Waals surface area contributed by atoms with Gasteiger partial charge >= 0.3 is 0 Å². The molecule has 0 bridgehead atoms. The van der Waals surface area contributed by atoms with E-state index in [0.29, 0.717) is 53.8 Å². The Morgan fingerprint density at radius 1 is 1.13 bits per heavy atom. The van der Waals surface area contributed by atoms with Crippen molar-refractivity contribution < 1.29 is 23.7 Å². The van der Waals surface area contributed by atoms with Gasteiger partial charge in [0, 0.05) is 37.5 Å². The highest BCUT2D eigenvalue weighted by Crippen LogP contribution is 2.32. The van der Waals surface area contributed by atoms with Crippen molar-refractivity contribution in [1.29, 1.82) is 0 Å². The molecule has 2 aromatic heterocycles. The molecule has 1 fully saturated rings. The number of hydrogen-bond acceptors (Lipinski definition) is 8. The number of carbonyl (C=O) groups excluding carboxylic acids is 1. The first kappa shape index (κ1) is 20.8. The van der Waals surface area contributed by atoms with Crippen LogP contribution in [0.15, 0.2) is 36.7 Å². The molecule has 4 rings (SSSR count). The summed E-state index contributed by atoms with van der Waals surface area (Å²) in [6.07, 6.45) is 2.98. The molecule has 0 saturated carbocycles. The lowest BCUT2D eigenvalue weighted by atomic mass is 10.1. The predicted octanol–water partition coefficient (Wildman–Crippen LogP) is 2.34. The fraction of sp³-hybridized carbons (Fsp3) is 0.364. The highest BCUT2D eigenvalue weighted by molar-refractivity contribution is 5.83. The van der Waals surface area contributed by atoms with Crippen LogP contribution in [0.1, 0.15) is 6.92 Å². The average Bonchev–Trinajstić information content (AvgIpc) is 2.82. The number of ether oxygens (including phenoxy) is 4. The van der Waals surface area contributed by atoms with Gasteiger partial charge < -0.3 is 23.8 Å². The smallest absolute Gasteiger partial charge is 0.242 e. The van der Waals surface area contributed by atoms with Gasteiger partial charge in [-0.1, -0.05) is 0 Å². The Labute approximate surface area is 179 Å². The second-order valence-corrected chi connectivity index (χ2v) is 7.11. The number of aromatic nitrogens is 3. The van der Waals surface area contributed by atoms with E-state index in [1.165, 1.54) is 0 Å². The van der Waals surface area contributed by atoms with Crippen LogP contribution in [0.4, 0.5) is 0 Å². The quantitative estimate of drug-likeness (QED) is 0.595. The zero-order valence-corrected chi connectivity index (χ0v) is 17.7. The molecule has 0 radical (unpaired) electrons. The van der Waals surface area contributed by atoms with Crippen molar-refractivity contribution >= 4 is 16.9 Å². The van der Waals surface area contributed by atoms with Crippen molar-refractivity contribution in [2.75, 3.05) is 40.5 Å². The first-order valence-electron chi connectivity index (χ1n) is 9.92. The minimum absolute atomic E-state index is 0.0247. The van der Waals surface area contributed by atoms with Gasteiger partial charge in [0.2, 0.25) is 11.8 Å². The molecule has 3 aromatic rings. The van der Waals surface area contributed by atoms with Gasteiger partial charge in [-0.2, -0.15) is 0 Å². The Kier molecular flexibility index (Phi) is 6.13. The van der Waals surface area contributed by atoms with Crippen molar-refractivity contribution in [2.45, 2.75) is 13.0 Å². The topological polar surface area (TPSA) is 95.9 Å². The Balaban J connectivity index is 1.65. The molecule has 0 spiro atoms. The Morgan fingerprint density at radius 2 is 1.87 bits per heavy atom. The first-order valence-corrected chi connectivity index (χ1v) is 9.92. The van der Waals surface area contributed by atoms with Crippen molar-refractivity contribution in [3.63, 3.8) is 0 Å². The summed E-state index contributed by atoms with van der Waals surface area (Å²) in [7, 11) is 3.20. The van der Waals surface area contributed by atoms with E-state index in [0.717, 1.165) is 5.56 Å². The molecule has 1 atom stereocenters. The largest absolute Gasteiger partial charge is 0.497 e. The predicted molar refractivity (Wildman–Crippen MR) is 113 cm³/mol. The number of benzene rings is 1. The van der Waals surface area contributed by atoms with Crippen LogP contribution in [0, 0.1) is 0 Å². The molecule has 9 heteroatoms. The Morgan fingerprint density at radius 3 is 2.58 bits per heavy atom. The molecular weight excluding hydrogens is 400 g/mol. The van der Waals surface area contributed by atoms with Gasteiger partial charge in [-0.15, -0.1) is 0 Å². The number of pyridine rings is 1. The normalized spacial score (nSPS) is 16.2. The summed E-state index contributed by atoms with van der Waals surface area (Å²) in [4.78, 5) is 26.9. The summed E-state index contributed by atoms with van der Waals surface area (Å²) in [5.74, 6) is 1.68. The second kappa shape index (κ2) is 9.13. The average molecular weight is 424 g/mol. The highest BCUT2D eigenvalue weighted by Gasteiger charge is 2.23. The van der Waals surface area contributed by atoms with Gasteiger partial charge in [-0.05, 0) is 18.2 Å². The second-order valence-electron chi connectivity index (χ2n) is 7.11. The molecule has 1 aliphatic rings. The molecule has 3 heterocycles. The van der Waals surface area contributed by atoms with E-state index in [9.17, 15) is 4.79 Å². The van der Waals surface area contributed by atoms with Crippen LogP contribution in [0.3, 0.4) is 0 Å². The fourth-order valence-electron chi connectivity index (χ4n) is 3.43. The van der Waals surface area contributed by atoms with Gasteiger partial charge in [0.1, 0.15) is 24.2 Å². The zero-order chi connectivity index (χ0) is 21.8. The number of rotatable bonds is 6. The summed E-state index contributed by atoms with van der Waals surface area (Å²) < 4.78 is 22.5. The summed E-state index contributed by atoms with van der Waals surface area (Å²) in [6.45, 7) is 3.34. The van der Waals surface area contributed by atoms with Crippen LogP contribution in [0.2, 0.25) is 0 Å². The number of hydrogen-bond donors (Lipinski definition) is 0. The van der Waals surface area contributed by atoms with Gasteiger partial charge in [-0.3, -0.25) is 9.78 Å². The molecule has 9 nitrogen and oxygen atoms in total. The lowest BCUT2D eigenvalue weighted by Crippen LogP contribution is -2.46. The molecule has 1 saturated heterocycles. The van der Waals surface area contributed by atoms with Crippen molar-refractivity contribution in [3.8, 4) is 28.6 Å². The van der Waals surface area contributed by atoms with Crippen molar-refractivity contribution in [1.82, 2.24) is 19.9 Å². The highest BCUT2D eigenvalue weighted by atomic mass is 16.5. The summed E-state index contributed by atoms with van der Waals surface area (Å²) in [6, 6.07) is 7.37. The van der Waals surface area contributed by atoms with Crippen LogP contribution in [-0.4, -0.2) is 72.4 Å². The number of amides is 1. The van der Waals surface area contributed by atoms with Crippen LogP contribution in [0.5, 0.6) is 17.4 Å². The van der Waals surface area contributed by atoms with Crippen molar-refractivity contribution in [3.05, 3.63) is 36.7 Å². The van der Waals surface area contributed by atoms with E-state index in [1.54, 1.807) is 44.5 Å². The zero-order valence-electron chi connectivity index (χ0n) is 17.7. The molecule has 162 valence electrons. The summed E-state index contributed by atoms with van der Waals surface area (Å²) >= 11 is 0. The molecule has 0 N–H and O–H groups in total. The lowest BCUT2D eigenvalue weighted by molar-refractivity contribution is -0.137. The Bertz CT molecular complexity index is 1070. The van der Waals surface area contributed by atoms with E-state index in [1.807, 2.05) is 18.2 Å². The molecule has 0 aliphatic carbocycles. The lowest BCUT2D eigenvalue weighted by Gasteiger charge is -2.32. The molecular formula is C22H24N4O5. The number of fused-ring (bicyclic) bond motifs is 1. The SMILES string of the molecule is COc1cc(OC)cc(-c2cc3nccnc3c(OCC3CN(C(C)=O)CCO3)n2)c1. The maximum Gasteiger partial charge on any atom is 0.242 e. The van der Waals surface area contributed by atoms with Crippen LogP contribution >= 0.6 is 0 Å². The van der Waals surface area contributed by atoms with E-state index in [4.69, 9.17) is 18.9 Å². The van der Waals surface area contributed by atoms with E-state index in [2.05, 4.69) is 15.0 Å². The fourth-order valence-corrected chi connectivity index (χ4v) is 3.43. The molecule has 1 aromatic carbocycles. The van der Waals surface area contributed by atoms with E-state index < -0.39 is 0 Å². The van der Waals surface area contributed by atoms with Crippen LogP contribution in [0.25, 0.3) is 22.3 Å². The monoisotopic (exact) mass is 424 g/mol. The maximum atomic E-state index is 11.7. The summed E-state index contributed by atoms with van der Waals surface area (Å²) in [5.41, 5.74) is 2.65. The van der Waals surface area contributed by atoms with E-state index in [-0.39, 0.29) is 18.6 Å². The Hall–Kier alpha value is -3.46. The third-order valence-corrected chi connectivity index (χ3v) is 5.06. The van der Waals surface area contributed by atoms with Gasteiger partial charge in [-0.25, -0.2) is 9.97 Å². The number of nitrogens with zero attached hydrogens (tertiary/aromatic N) is 4. The minimum atomic E-state index is -0.244. The van der Waals surface area contributed by atoms with Crippen molar-refractivity contribution in [2.24, 2.45) is 0 Å². The van der Waals surface area contributed by atoms with E-state index >= 15 is 0 Å². The minimum Gasteiger partial charge on any atom is -0.497 e. The van der Waals surface area contributed by atoms with Gasteiger partial charge in [0.05, 0.1) is 38.6 Å². The third kappa shape index (κ3) is 4.66. The number of methoxy groups -OCH3 is 2. The maximum absolute atomic E-state index is 11.7. The number of morpholine rings is 1. The standard InChI is InChI=1S/C22H24N4O5/c1-14(27)26-6-7-30-18(12-26)13-31-22-21-20(23-4-5-24-21)11-19(25-22)15-8-16(28-2)10-17(9-15)29-3/h4-5,8-11,18H,6-7,12-13H2,1-3H3. The third-order valence-electron chi connectivity index (χ3n) is 5.06. The van der Waals surface area contributed by atoms with Gasteiger partial charge in [0.25, 0.3) is 0 Å².